The summed E-state index contributed by atoms with van der Waals surface area (Å²) in [6.45, 7) is 3.74. The first-order valence-electron chi connectivity index (χ1n) is 8.52. The molecule has 0 aromatic heterocycles. The van der Waals surface area contributed by atoms with Crippen molar-refractivity contribution >= 4 is 39.1 Å². The molecule has 2 N–H and O–H groups in total. The van der Waals surface area contributed by atoms with Gasteiger partial charge in [0.25, 0.3) is 0 Å². The Morgan fingerprint density at radius 3 is 2.14 bits per heavy atom. The standard InChI is InChI=1S/C19H22Cl2N2O4S/c1-12(2)17(19(24)22-11-13-7-9-14(27-3)10-8-13)23-28(25,26)18-15(20)5-4-6-16(18)21/h4-10,12,17,23H,11H2,1-3H3,(H,22,24)/t17-/m0/s1. The lowest BCUT2D eigenvalue weighted by atomic mass is 10.0. The largest absolute Gasteiger partial charge is 0.497 e. The summed E-state index contributed by atoms with van der Waals surface area (Å²) in [6.07, 6.45) is 0. The van der Waals surface area contributed by atoms with E-state index in [1.54, 1.807) is 39.2 Å². The van der Waals surface area contributed by atoms with Crippen molar-refractivity contribution in [2.75, 3.05) is 7.11 Å². The van der Waals surface area contributed by atoms with Crippen molar-refractivity contribution in [2.45, 2.75) is 31.3 Å². The first-order valence-corrected chi connectivity index (χ1v) is 10.8. The predicted molar refractivity (Wildman–Crippen MR) is 110 cm³/mol. The molecule has 0 spiro atoms. The topological polar surface area (TPSA) is 84.5 Å². The number of rotatable bonds is 8. The minimum atomic E-state index is -4.09. The Morgan fingerprint density at radius 2 is 1.64 bits per heavy atom. The van der Waals surface area contributed by atoms with Crippen LogP contribution < -0.4 is 14.8 Å². The number of nitrogens with one attached hydrogen (secondary N) is 2. The van der Waals surface area contributed by atoms with Gasteiger partial charge in [-0.3, -0.25) is 4.79 Å². The van der Waals surface area contributed by atoms with Crippen LogP contribution in [-0.4, -0.2) is 27.5 Å². The maximum atomic E-state index is 12.8. The van der Waals surface area contributed by atoms with Crippen LogP contribution in [0.4, 0.5) is 0 Å². The molecule has 2 rings (SSSR count). The summed E-state index contributed by atoms with van der Waals surface area (Å²) in [7, 11) is -2.52. The first-order chi connectivity index (χ1) is 13.2. The molecule has 0 heterocycles. The lowest BCUT2D eigenvalue weighted by Crippen LogP contribution is -2.49. The fourth-order valence-corrected chi connectivity index (χ4v) is 4.99. The van der Waals surface area contributed by atoms with Gasteiger partial charge in [-0.2, -0.15) is 4.72 Å². The molecule has 0 fully saturated rings. The summed E-state index contributed by atoms with van der Waals surface area (Å²) in [4.78, 5) is 12.4. The SMILES string of the molecule is COc1ccc(CNC(=O)[C@@H](NS(=O)(=O)c2c(Cl)cccc2Cl)C(C)C)cc1. The maximum Gasteiger partial charge on any atom is 0.244 e. The van der Waals surface area contributed by atoms with E-state index in [9.17, 15) is 13.2 Å². The zero-order chi connectivity index (χ0) is 20.9. The normalized spacial score (nSPS) is 12.6. The van der Waals surface area contributed by atoms with E-state index < -0.39 is 22.0 Å². The number of sulfonamides is 1. The zero-order valence-electron chi connectivity index (χ0n) is 15.7. The molecule has 0 saturated heterocycles. The second kappa shape index (κ2) is 9.60. The van der Waals surface area contributed by atoms with Crippen molar-refractivity contribution in [1.29, 1.82) is 0 Å². The molecule has 0 bridgehead atoms. The first kappa shape index (κ1) is 22.5. The third-order valence-electron chi connectivity index (χ3n) is 4.04. The van der Waals surface area contributed by atoms with E-state index in [2.05, 4.69) is 10.0 Å². The van der Waals surface area contributed by atoms with Gasteiger partial charge in [-0.1, -0.05) is 55.2 Å². The zero-order valence-corrected chi connectivity index (χ0v) is 18.0. The summed E-state index contributed by atoms with van der Waals surface area (Å²) >= 11 is 12.0. The van der Waals surface area contributed by atoms with Gasteiger partial charge in [0.05, 0.1) is 17.2 Å². The summed E-state index contributed by atoms with van der Waals surface area (Å²) in [5.41, 5.74) is 0.855. The molecule has 0 aliphatic carbocycles. The van der Waals surface area contributed by atoms with Gasteiger partial charge in [0.1, 0.15) is 16.7 Å². The summed E-state index contributed by atoms with van der Waals surface area (Å²) in [5.74, 6) is -0.0380. The molecule has 0 radical (unpaired) electrons. The number of benzene rings is 2. The lowest BCUT2D eigenvalue weighted by Gasteiger charge is -2.22. The molecule has 0 saturated carbocycles. The molecule has 0 unspecified atom stereocenters. The van der Waals surface area contributed by atoms with E-state index in [-0.39, 0.29) is 27.4 Å². The summed E-state index contributed by atoms with van der Waals surface area (Å²) in [5, 5.41) is 2.72. The minimum Gasteiger partial charge on any atom is -0.497 e. The molecule has 2 aromatic carbocycles. The van der Waals surface area contributed by atoms with Crippen LogP contribution in [0.5, 0.6) is 5.75 Å². The second-order valence-electron chi connectivity index (χ2n) is 6.46. The van der Waals surface area contributed by atoms with E-state index >= 15 is 0 Å². The number of methoxy groups -OCH3 is 1. The Labute approximate surface area is 175 Å². The van der Waals surface area contributed by atoms with Gasteiger partial charge in [0, 0.05) is 6.54 Å². The highest BCUT2D eigenvalue weighted by Crippen LogP contribution is 2.29. The monoisotopic (exact) mass is 444 g/mol. The fourth-order valence-electron chi connectivity index (χ4n) is 2.50. The molecule has 6 nitrogen and oxygen atoms in total. The third kappa shape index (κ3) is 5.61. The Morgan fingerprint density at radius 1 is 1.07 bits per heavy atom. The van der Waals surface area contributed by atoms with Crippen LogP contribution in [0.25, 0.3) is 0 Å². The van der Waals surface area contributed by atoms with Crippen molar-refractivity contribution in [3.8, 4) is 5.75 Å². The number of carbonyl (C=O) groups is 1. The molecule has 28 heavy (non-hydrogen) atoms. The number of hydrogen-bond donors (Lipinski definition) is 2. The Bertz CT molecular complexity index is 911. The molecular formula is C19H22Cl2N2O4S. The van der Waals surface area contributed by atoms with Gasteiger partial charge < -0.3 is 10.1 Å². The lowest BCUT2D eigenvalue weighted by molar-refractivity contribution is -0.123. The van der Waals surface area contributed by atoms with Gasteiger partial charge in [-0.25, -0.2) is 8.42 Å². The third-order valence-corrected chi connectivity index (χ3v) is 6.44. The van der Waals surface area contributed by atoms with E-state index in [4.69, 9.17) is 27.9 Å². The molecule has 152 valence electrons. The van der Waals surface area contributed by atoms with Crippen molar-refractivity contribution in [3.05, 3.63) is 58.1 Å². The highest BCUT2D eigenvalue weighted by molar-refractivity contribution is 7.89. The average Bonchev–Trinajstić information content (AvgIpc) is 2.64. The fraction of sp³-hybridized carbons (Fsp3) is 0.316. The van der Waals surface area contributed by atoms with Gasteiger partial charge in [0.2, 0.25) is 15.9 Å². The Balaban J connectivity index is 2.14. The van der Waals surface area contributed by atoms with E-state index in [0.29, 0.717) is 5.75 Å². The van der Waals surface area contributed by atoms with E-state index in [1.807, 2.05) is 12.1 Å². The number of hydrogen-bond acceptors (Lipinski definition) is 4. The van der Waals surface area contributed by atoms with E-state index in [1.165, 1.54) is 12.1 Å². The van der Waals surface area contributed by atoms with Crippen molar-refractivity contribution in [2.24, 2.45) is 5.92 Å². The van der Waals surface area contributed by atoms with Gasteiger partial charge >= 0.3 is 0 Å². The van der Waals surface area contributed by atoms with Crippen LogP contribution >= 0.6 is 23.2 Å². The molecule has 0 aliphatic heterocycles. The number of amides is 1. The minimum absolute atomic E-state index is 0.0128. The Hall–Kier alpha value is -1.80. The quantitative estimate of drug-likeness (QED) is 0.650. The Kier molecular flexibility index (Phi) is 7.71. The molecule has 2 aromatic rings. The van der Waals surface area contributed by atoms with Crippen LogP contribution in [0.2, 0.25) is 10.0 Å². The van der Waals surface area contributed by atoms with Crippen molar-refractivity contribution in [3.63, 3.8) is 0 Å². The van der Waals surface area contributed by atoms with Gasteiger partial charge in [0.15, 0.2) is 0 Å². The maximum absolute atomic E-state index is 12.8. The van der Waals surface area contributed by atoms with E-state index in [0.717, 1.165) is 5.56 Å². The average molecular weight is 445 g/mol. The summed E-state index contributed by atoms with van der Waals surface area (Å²) in [6, 6.07) is 10.6. The van der Waals surface area contributed by atoms with Crippen LogP contribution in [0.1, 0.15) is 19.4 Å². The van der Waals surface area contributed by atoms with Crippen LogP contribution in [-0.2, 0) is 21.4 Å². The number of ether oxygens (including phenoxy) is 1. The predicted octanol–water partition coefficient (Wildman–Crippen LogP) is 3.62. The molecule has 0 aliphatic rings. The smallest absolute Gasteiger partial charge is 0.244 e. The molecular weight excluding hydrogens is 423 g/mol. The summed E-state index contributed by atoms with van der Waals surface area (Å²) < 4.78 is 33.0. The number of halogens is 2. The molecule has 9 heteroatoms. The highest BCUT2D eigenvalue weighted by atomic mass is 35.5. The number of carbonyl (C=O) groups excluding carboxylic acids is 1. The highest BCUT2D eigenvalue weighted by Gasteiger charge is 2.30. The van der Waals surface area contributed by atoms with Gasteiger partial charge in [-0.05, 0) is 35.7 Å². The van der Waals surface area contributed by atoms with Gasteiger partial charge in [-0.15, -0.1) is 0 Å². The van der Waals surface area contributed by atoms with Crippen molar-refractivity contribution in [1.82, 2.24) is 10.0 Å². The van der Waals surface area contributed by atoms with Crippen LogP contribution in [0.15, 0.2) is 47.4 Å². The van der Waals surface area contributed by atoms with Crippen LogP contribution in [0, 0.1) is 5.92 Å². The molecule has 1 atom stereocenters. The van der Waals surface area contributed by atoms with Crippen LogP contribution in [0.3, 0.4) is 0 Å². The second-order valence-corrected chi connectivity index (χ2v) is 8.92. The molecule has 1 amide bonds. The van der Waals surface area contributed by atoms with Crippen molar-refractivity contribution < 1.29 is 17.9 Å².